The summed E-state index contributed by atoms with van der Waals surface area (Å²) in [6, 6.07) is 14.6. The van der Waals surface area contributed by atoms with Crippen molar-refractivity contribution in [2.75, 3.05) is 26.3 Å². The first-order valence-corrected chi connectivity index (χ1v) is 13.6. The number of carboxylic acids is 1. The fourth-order valence-electron chi connectivity index (χ4n) is 4.40. The van der Waals surface area contributed by atoms with Crippen LogP contribution in [0, 0.1) is 0 Å². The van der Waals surface area contributed by atoms with Crippen LogP contribution in [0.4, 0.5) is 26.3 Å². The number of benzene rings is 2. The maximum absolute atomic E-state index is 13.0. The Balaban J connectivity index is 0.000000517. The predicted octanol–water partition coefficient (Wildman–Crippen LogP) is 6.23. The van der Waals surface area contributed by atoms with E-state index in [2.05, 4.69) is 16.3 Å². The van der Waals surface area contributed by atoms with Gasteiger partial charge < -0.3 is 19.9 Å². The summed E-state index contributed by atoms with van der Waals surface area (Å²) in [5.74, 6) is -1.37. The van der Waals surface area contributed by atoms with Gasteiger partial charge in [-0.3, -0.25) is 9.69 Å². The number of likely N-dealkylation sites (tertiary alicyclic amines) is 1. The molecular weight excluding hydrogens is 590 g/mol. The number of thiophene rings is 1. The fourth-order valence-corrected chi connectivity index (χ4v) is 5.31. The molecule has 1 fully saturated rings. The molecular formula is C28H26F6N2O5S. The van der Waals surface area contributed by atoms with Crippen molar-refractivity contribution in [3.8, 4) is 21.9 Å². The fraction of sp³-hybridized carbons (Fsp3) is 0.357. The van der Waals surface area contributed by atoms with Crippen LogP contribution in [0.15, 0.2) is 54.6 Å². The second-order valence-corrected chi connectivity index (χ2v) is 10.6. The standard InChI is InChI=1S/C26H25F3N2O3S.C2HF3O2/c27-26(28,29)19-3-1-2-18(15-19)23-6-7-24(35-23)25(32)30-20-8-10-31(11-9-20)16-17-4-5-21-22(14-17)34-13-12-33-21;3-2(4,5)1(6)7/h1-7,14-15,20H,8-13,16H2,(H,30,32);(H,6,7). The van der Waals surface area contributed by atoms with E-state index in [-0.39, 0.29) is 11.9 Å². The molecule has 0 radical (unpaired) electrons. The Labute approximate surface area is 240 Å². The quantitative estimate of drug-likeness (QED) is 0.331. The summed E-state index contributed by atoms with van der Waals surface area (Å²) in [7, 11) is 0. The molecule has 2 N–H and O–H groups in total. The maximum atomic E-state index is 13.0. The molecule has 2 aliphatic heterocycles. The normalized spacial score (nSPS) is 15.9. The van der Waals surface area contributed by atoms with E-state index in [4.69, 9.17) is 19.4 Å². The molecule has 3 aromatic rings. The van der Waals surface area contributed by atoms with Crippen molar-refractivity contribution < 1.29 is 50.5 Å². The summed E-state index contributed by atoms with van der Waals surface area (Å²) in [6.45, 7) is 3.66. The molecule has 7 nitrogen and oxygen atoms in total. The molecule has 1 aromatic heterocycles. The smallest absolute Gasteiger partial charge is 0.486 e. The second kappa shape index (κ2) is 13.0. The molecule has 226 valence electrons. The van der Waals surface area contributed by atoms with Crippen molar-refractivity contribution in [3.05, 3.63) is 70.6 Å². The van der Waals surface area contributed by atoms with Crippen molar-refractivity contribution >= 4 is 23.2 Å². The Morgan fingerprint density at radius 1 is 0.929 bits per heavy atom. The number of carbonyl (C=O) groups excluding carboxylic acids is 1. The van der Waals surface area contributed by atoms with E-state index in [9.17, 15) is 31.1 Å². The molecule has 2 aromatic carbocycles. The van der Waals surface area contributed by atoms with Gasteiger partial charge in [-0.05, 0) is 60.4 Å². The number of hydrogen-bond acceptors (Lipinski definition) is 6. The first-order chi connectivity index (χ1) is 19.8. The van der Waals surface area contributed by atoms with Crippen LogP contribution in [0.5, 0.6) is 11.5 Å². The zero-order chi connectivity index (χ0) is 30.5. The SMILES string of the molecule is O=C(NC1CCN(Cc2ccc3c(c2)OCCO3)CC1)c1ccc(-c2cccc(C(F)(F)F)c2)s1.O=C(O)C(F)(F)F. The number of piperidine rings is 1. The predicted molar refractivity (Wildman–Crippen MR) is 142 cm³/mol. The minimum atomic E-state index is -5.08. The van der Waals surface area contributed by atoms with Gasteiger partial charge in [0.2, 0.25) is 0 Å². The lowest BCUT2D eigenvalue weighted by Gasteiger charge is -2.32. The summed E-state index contributed by atoms with van der Waals surface area (Å²) in [5, 5.41) is 10.2. The van der Waals surface area contributed by atoms with Crippen LogP contribution in [0.1, 0.15) is 33.6 Å². The summed E-state index contributed by atoms with van der Waals surface area (Å²) < 4.78 is 82.0. The highest BCUT2D eigenvalue weighted by molar-refractivity contribution is 7.17. The Kier molecular flexibility index (Phi) is 9.67. The van der Waals surface area contributed by atoms with E-state index in [1.807, 2.05) is 12.1 Å². The van der Waals surface area contributed by atoms with Gasteiger partial charge >= 0.3 is 18.3 Å². The molecule has 14 heteroatoms. The number of rotatable bonds is 5. The van der Waals surface area contributed by atoms with Gasteiger partial charge in [0.25, 0.3) is 5.91 Å². The molecule has 0 unspecified atom stereocenters. The third kappa shape index (κ3) is 8.38. The molecule has 0 saturated carbocycles. The second-order valence-electron chi connectivity index (χ2n) is 9.55. The minimum absolute atomic E-state index is 0.0677. The number of alkyl halides is 6. The Morgan fingerprint density at radius 2 is 1.60 bits per heavy atom. The number of carboxylic acid groups (broad SMARTS) is 1. The number of aliphatic carboxylic acids is 1. The third-order valence-corrected chi connectivity index (χ3v) is 7.62. The van der Waals surface area contributed by atoms with Crippen LogP contribution in [0.3, 0.4) is 0 Å². The van der Waals surface area contributed by atoms with Gasteiger partial charge in [-0.15, -0.1) is 11.3 Å². The van der Waals surface area contributed by atoms with Crippen molar-refractivity contribution in [2.45, 2.75) is 37.8 Å². The highest BCUT2D eigenvalue weighted by Gasteiger charge is 2.38. The van der Waals surface area contributed by atoms with Crippen LogP contribution in [0.2, 0.25) is 0 Å². The molecule has 1 saturated heterocycles. The van der Waals surface area contributed by atoms with Crippen molar-refractivity contribution in [1.29, 1.82) is 0 Å². The average Bonchev–Trinajstić information content (AvgIpc) is 3.44. The molecule has 0 atom stereocenters. The van der Waals surface area contributed by atoms with Crippen molar-refractivity contribution in [2.24, 2.45) is 0 Å². The lowest BCUT2D eigenvalue weighted by molar-refractivity contribution is -0.192. The lowest BCUT2D eigenvalue weighted by Crippen LogP contribution is -2.44. The van der Waals surface area contributed by atoms with Crippen LogP contribution in [-0.2, 0) is 17.5 Å². The highest BCUT2D eigenvalue weighted by atomic mass is 32.1. The van der Waals surface area contributed by atoms with Crippen molar-refractivity contribution in [1.82, 2.24) is 10.2 Å². The topological polar surface area (TPSA) is 88.1 Å². The number of amides is 1. The van der Waals surface area contributed by atoms with E-state index in [1.165, 1.54) is 17.4 Å². The zero-order valence-corrected chi connectivity index (χ0v) is 22.7. The lowest BCUT2D eigenvalue weighted by atomic mass is 10.0. The largest absolute Gasteiger partial charge is 0.490 e. The van der Waals surface area contributed by atoms with Crippen LogP contribution in [0.25, 0.3) is 10.4 Å². The summed E-state index contributed by atoms with van der Waals surface area (Å²) in [4.78, 5) is 25.2. The molecule has 3 heterocycles. The summed E-state index contributed by atoms with van der Waals surface area (Å²) in [5.41, 5.74) is 0.922. The van der Waals surface area contributed by atoms with Gasteiger partial charge in [-0.25, -0.2) is 4.79 Å². The van der Waals surface area contributed by atoms with Gasteiger partial charge in [0.15, 0.2) is 11.5 Å². The molecule has 5 rings (SSSR count). The highest BCUT2D eigenvalue weighted by Crippen LogP contribution is 2.35. The molecule has 0 aliphatic carbocycles. The van der Waals surface area contributed by atoms with E-state index in [0.29, 0.717) is 28.5 Å². The molecule has 42 heavy (non-hydrogen) atoms. The number of fused-ring (bicyclic) bond motifs is 1. The van der Waals surface area contributed by atoms with E-state index < -0.39 is 23.9 Å². The Bertz CT molecular complexity index is 1400. The zero-order valence-electron chi connectivity index (χ0n) is 21.9. The minimum Gasteiger partial charge on any atom is -0.486 e. The van der Waals surface area contributed by atoms with Crippen LogP contribution >= 0.6 is 11.3 Å². The Hall–Kier alpha value is -3.78. The van der Waals surface area contributed by atoms with E-state index >= 15 is 0 Å². The van der Waals surface area contributed by atoms with Crippen molar-refractivity contribution in [3.63, 3.8) is 0 Å². The number of hydrogen-bond donors (Lipinski definition) is 2. The molecule has 2 aliphatic rings. The van der Waals surface area contributed by atoms with Gasteiger partial charge in [0.05, 0.1) is 10.4 Å². The van der Waals surface area contributed by atoms with Crippen LogP contribution < -0.4 is 14.8 Å². The average molecular weight is 617 g/mol. The number of carbonyl (C=O) groups is 2. The number of nitrogens with one attached hydrogen (secondary N) is 1. The number of nitrogens with zero attached hydrogens (tertiary/aromatic N) is 1. The number of halogens is 6. The first kappa shape index (κ1) is 31.2. The van der Waals surface area contributed by atoms with Gasteiger partial charge in [0, 0.05) is 30.6 Å². The third-order valence-electron chi connectivity index (χ3n) is 6.48. The van der Waals surface area contributed by atoms with Gasteiger partial charge in [0.1, 0.15) is 13.2 Å². The van der Waals surface area contributed by atoms with E-state index in [1.54, 1.807) is 18.2 Å². The Morgan fingerprint density at radius 3 is 2.24 bits per heavy atom. The monoisotopic (exact) mass is 616 g/mol. The molecule has 1 amide bonds. The molecule has 0 bridgehead atoms. The van der Waals surface area contributed by atoms with Gasteiger partial charge in [-0.1, -0.05) is 18.2 Å². The number of ether oxygens (including phenoxy) is 2. The maximum Gasteiger partial charge on any atom is 0.490 e. The first-order valence-electron chi connectivity index (χ1n) is 12.8. The summed E-state index contributed by atoms with van der Waals surface area (Å²) >= 11 is 1.20. The molecule has 0 spiro atoms. The van der Waals surface area contributed by atoms with Gasteiger partial charge in [-0.2, -0.15) is 26.3 Å². The van der Waals surface area contributed by atoms with Crippen LogP contribution in [-0.4, -0.2) is 60.4 Å². The van der Waals surface area contributed by atoms with E-state index in [0.717, 1.165) is 61.7 Å². The summed E-state index contributed by atoms with van der Waals surface area (Å²) in [6.07, 6.45) is -7.81.